The number of carbonyl (C=O) groups excluding carboxylic acids is 1. The van der Waals surface area contributed by atoms with E-state index in [9.17, 15) is 4.79 Å². The van der Waals surface area contributed by atoms with Gasteiger partial charge in [-0.1, -0.05) is 19.4 Å². The minimum absolute atomic E-state index is 0.253. The molecule has 3 heteroatoms. The summed E-state index contributed by atoms with van der Waals surface area (Å²) in [6.07, 6.45) is 5.89. The number of esters is 1. The van der Waals surface area contributed by atoms with E-state index < -0.39 is 0 Å². The second-order valence-corrected chi connectivity index (χ2v) is 2.70. The summed E-state index contributed by atoms with van der Waals surface area (Å²) in [5.74, 6) is -0.253. The van der Waals surface area contributed by atoms with Gasteiger partial charge in [0.15, 0.2) is 0 Å². The highest BCUT2D eigenvalue weighted by molar-refractivity contribution is 5.65. The maximum absolute atomic E-state index is 10.3. The summed E-state index contributed by atoms with van der Waals surface area (Å²) in [6, 6.07) is 0. The lowest BCUT2D eigenvalue weighted by Gasteiger charge is -1.98. The summed E-state index contributed by atoms with van der Waals surface area (Å²) in [7, 11) is 0. The summed E-state index contributed by atoms with van der Waals surface area (Å²) < 4.78 is 9.94. The zero-order valence-electron chi connectivity index (χ0n) is 8.41. The van der Waals surface area contributed by atoms with E-state index in [-0.39, 0.29) is 5.97 Å². The van der Waals surface area contributed by atoms with E-state index >= 15 is 0 Å². The molecule has 0 saturated heterocycles. The Bertz CT molecular complexity index is 152. The van der Waals surface area contributed by atoms with Gasteiger partial charge in [0, 0.05) is 13.5 Å². The number of hydrogen-bond acceptors (Lipinski definition) is 3. The number of hydrogen-bond donors (Lipinski definition) is 0. The molecule has 0 radical (unpaired) electrons. The van der Waals surface area contributed by atoms with Gasteiger partial charge >= 0.3 is 5.97 Å². The Kier molecular flexibility index (Phi) is 8.67. The van der Waals surface area contributed by atoms with Crippen molar-refractivity contribution in [2.75, 3.05) is 19.8 Å². The van der Waals surface area contributed by atoms with Gasteiger partial charge in [0.05, 0.1) is 6.61 Å². The van der Waals surface area contributed by atoms with E-state index in [1.165, 1.54) is 6.92 Å². The Hall–Kier alpha value is -0.830. The SMILES string of the molecule is CCCCOC/C=C/COC(C)=O. The zero-order chi connectivity index (χ0) is 9.94. The highest BCUT2D eigenvalue weighted by atomic mass is 16.5. The molecule has 3 nitrogen and oxygen atoms in total. The van der Waals surface area contributed by atoms with Crippen LogP contribution in [0.2, 0.25) is 0 Å². The van der Waals surface area contributed by atoms with Crippen LogP contribution < -0.4 is 0 Å². The molecule has 0 unspecified atom stereocenters. The second kappa shape index (κ2) is 9.26. The summed E-state index contributed by atoms with van der Waals surface area (Å²) >= 11 is 0. The quantitative estimate of drug-likeness (QED) is 0.346. The fourth-order valence-electron chi connectivity index (χ4n) is 0.699. The average Bonchev–Trinajstić information content (AvgIpc) is 2.09. The molecule has 0 heterocycles. The van der Waals surface area contributed by atoms with E-state index in [0.717, 1.165) is 19.4 Å². The zero-order valence-corrected chi connectivity index (χ0v) is 8.41. The minimum Gasteiger partial charge on any atom is -0.462 e. The summed E-state index contributed by atoms with van der Waals surface area (Å²) in [4.78, 5) is 10.3. The van der Waals surface area contributed by atoms with Crippen LogP contribution in [0.25, 0.3) is 0 Å². The van der Waals surface area contributed by atoms with Crippen LogP contribution in [-0.4, -0.2) is 25.8 Å². The topological polar surface area (TPSA) is 35.5 Å². The van der Waals surface area contributed by atoms with Crippen molar-refractivity contribution in [2.24, 2.45) is 0 Å². The summed E-state index contributed by atoms with van der Waals surface area (Å²) in [6.45, 7) is 5.26. The van der Waals surface area contributed by atoms with E-state index in [4.69, 9.17) is 4.74 Å². The first-order chi connectivity index (χ1) is 6.27. The standard InChI is InChI=1S/C10H18O3/c1-3-4-7-12-8-5-6-9-13-10(2)11/h5-6H,3-4,7-9H2,1-2H3/b6-5+. The summed E-state index contributed by atoms with van der Waals surface area (Å²) in [5, 5.41) is 0. The van der Waals surface area contributed by atoms with Crippen LogP contribution in [-0.2, 0) is 14.3 Å². The van der Waals surface area contributed by atoms with Crippen molar-refractivity contribution in [3.8, 4) is 0 Å². The monoisotopic (exact) mass is 186 g/mol. The third-order valence-electron chi connectivity index (χ3n) is 1.41. The normalized spacial score (nSPS) is 10.6. The van der Waals surface area contributed by atoms with Gasteiger partial charge in [-0.25, -0.2) is 0 Å². The van der Waals surface area contributed by atoms with Crippen LogP contribution in [0.3, 0.4) is 0 Å². The van der Waals surface area contributed by atoms with E-state index in [0.29, 0.717) is 13.2 Å². The largest absolute Gasteiger partial charge is 0.462 e. The molecular formula is C10H18O3. The molecular weight excluding hydrogens is 168 g/mol. The Morgan fingerprint density at radius 3 is 2.62 bits per heavy atom. The Morgan fingerprint density at radius 1 is 1.31 bits per heavy atom. The molecule has 0 aliphatic rings. The molecule has 13 heavy (non-hydrogen) atoms. The molecule has 0 rings (SSSR count). The number of rotatable bonds is 7. The first-order valence-corrected chi connectivity index (χ1v) is 4.63. The molecule has 0 aliphatic heterocycles. The predicted octanol–water partition coefficient (Wildman–Crippen LogP) is 1.92. The van der Waals surface area contributed by atoms with Crippen molar-refractivity contribution in [1.29, 1.82) is 0 Å². The Labute approximate surface area is 79.7 Å². The van der Waals surface area contributed by atoms with Crippen LogP contribution >= 0.6 is 0 Å². The van der Waals surface area contributed by atoms with Gasteiger partial charge in [-0.2, -0.15) is 0 Å². The summed E-state index contributed by atoms with van der Waals surface area (Å²) in [5.41, 5.74) is 0. The van der Waals surface area contributed by atoms with Crippen LogP contribution in [0.1, 0.15) is 26.7 Å². The van der Waals surface area contributed by atoms with Crippen molar-refractivity contribution in [3.63, 3.8) is 0 Å². The van der Waals surface area contributed by atoms with Gasteiger partial charge in [0.2, 0.25) is 0 Å². The number of unbranched alkanes of at least 4 members (excludes halogenated alkanes) is 1. The Morgan fingerprint density at radius 2 is 2.00 bits per heavy atom. The van der Waals surface area contributed by atoms with Crippen LogP contribution in [0.5, 0.6) is 0 Å². The van der Waals surface area contributed by atoms with E-state index in [2.05, 4.69) is 11.7 Å². The maximum atomic E-state index is 10.3. The van der Waals surface area contributed by atoms with Gasteiger partial charge in [0.1, 0.15) is 6.61 Å². The molecule has 0 aromatic rings. The lowest BCUT2D eigenvalue weighted by Crippen LogP contribution is -1.98. The van der Waals surface area contributed by atoms with Crippen LogP contribution in [0, 0.1) is 0 Å². The third-order valence-corrected chi connectivity index (χ3v) is 1.41. The fraction of sp³-hybridized carbons (Fsp3) is 0.700. The highest BCUT2D eigenvalue weighted by Crippen LogP contribution is 1.88. The molecule has 0 fully saturated rings. The van der Waals surface area contributed by atoms with Gasteiger partial charge in [-0.3, -0.25) is 4.79 Å². The number of ether oxygens (including phenoxy) is 2. The molecule has 0 N–H and O–H groups in total. The van der Waals surface area contributed by atoms with Crippen molar-refractivity contribution >= 4 is 5.97 Å². The smallest absolute Gasteiger partial charge is 0.302 e. The molecule has 76 valence electrons. The van der Waals surface area contributed by atoms with Crippen molar-refractivity contribution in [2.45, 2.75) is 26.7 Å². The molecule has 0 aromatic heterocycles. The molecule has 0 amide bonds. The van der Waals surface area contributed by atoms with Crippen molar-refractivity contribution < 1.29 is 14.3 Å². The lowest BCUT2D eigenvalue weighted by molar-refractivity contribution is -0.139. The fourth-order valence-corrected chi connectivity index (χ4v) is 0.699. The van der Waals surface area contributed by atoms with Gasteiger partial charge in [-0.15, -0.1) is 0 Å². The molecule has 0 aromatic carbocycles. The minimum atomic E-state index is -0.253. The molecule has 0 spiro atoms. The van der Waals surface area contributed by atoms with Gasteiger partial charge < -0.3 is 9.47 Å². The number of carbonyl (C=O) groups is 1. The van der Waals surface area contributed by atoms with E-state index in [1.54, 1.807) is 6.08 Å². The van der Waals surface area contributed by atoms with Crippen LogP contribution in [0.15, 0.2) is 12.2 Å². The van der Waals surface area contributed by atoms with Gasteiger partial charge in [0.25, 0.3) is 0 Å². The second-order valence-electron chi connectivity index (χ2n) is 2.70. The Balaban J connectivity index is 3.08. The van der Waals surface area contributed by atoms with Crippen molar-refractivity contribution in [1.82, 2.24) is 0 Å². The predicted molar refractivity (Wildman–Crippen MR) is 51.5 cm³/mol. The maximum Gasteiger partial charge on any atom is 0.302 e. The molecule has 0 atom stereocenters. The lowest BCUT2D eigenvalue weighted by atomic mass is 10.4. The third kappa shape index (κ3) is 11.2. The van der Waals surface area contributed by atoms with Crippen molar-refractivity contribution in [3.05, 3.63) is 12.2 Å². The molecule has 0 saturated carbocycles. The molecule has 0 bridgehead atoms. The van der Waals surface area contributed by atoms with E-state index in [1.807, 2.05) is 6.08 Å². The first-order valence-electron chi connectivity index (χ1n) is 4.63. The average molecular weight is 186 g/mol. The first kappa shape index (κ1) is 12.2. The molecule has 0 aliphatic carbocycles. The van der Waals surface area contributed by atoms with Crippen LogP contribution in [0.4, 0.5) is 0 Å². The van der Waals surface area contributed by atoms with Gasteiger partial charge in [-0.05, 0) is 12.5 Å². The highest BCUT2D eigenvalue weighted by Gasteiger charge is 1.86.